The normalized spacial score (nSPS) is 29.8. The summed E-state index contributed by atoms with van der Waals surface area (Å²) in [6, 6.07) is -0.202. The first-order valence-corrected chi connectivity index (χ1v) is 15.8. The van der Waals surface area contributed by atoms with E-state index in [-0.39, 0.29) is 37.8 Å². The molecule has 4 nitrogen and oxygen atoms in total. The zero-order chi connectivity index (χ0) is 28.9. The number of hydrogen-bond donors (Lipinski definition) is 1. The number of likely N-dealkylation sites (N-methyl/N-ethyl adjacent to an activating group) is 1. The Bertz CT molecular complexity index is 785. The van der Waals surface area contributed by atoms with Crippen LogP contribution in [0.25, 0.3) is 0 Å². The first-order valence-electron chi connectivity index (χ1n) is 15.8. The molecule has 2 heterocycles. The van der Waals surface area contributed by atoms with E-state index < -0.39 is 36.5 Å². The quantitative estimate of drug-likeness (QED) is 0.312. The van der Waals surface area contributed by atoms with Crippen molar-refractivity contribution in [2.75, 3.05) is 39.8 Å². The van der Waals surface area contributed by atoms with Crippen LogP contribution in [0.4, 0.5) is 26.3 Å². The second-order valence-electron chi connectivity index (χ2n) is 13.1. The van der Waals surface area contributed by atoms with Crippen molar-refractivity contribution in [2.24, 2.45) is 35.5 Å². The van der Waals surface area contributed by atoms with Gasteiger partial charge in [-0.05, 0) is 114 Å². The Kier molecular flexibility index (Phi) is 11.1. The van der Waals surface area contributed by atoms with Gasteiger partial charge in [0, 0.05) is 13.6 Å². The van der Waals surface area contributed by atoms with E-state index in [9.17, 15) is 31.1 Å². The minimum absolute atomic E-state index is 0.0383. The van der Waals surface area contributed by atoms with Gasteiger partial charge in [0.2, 0.25) is 5.91 Å². The van der Waals surface area contributed by atoms with Crippen molar-refractivity contribution in [1.82, 2.24) is 15.1 Å². The van der Waals surface area contributed by atoms with E-state index in [2.05, 4.69) is 10.2 Å². The number of nitrogens with one attached hydrogen (secondary N) is 1. The van der Waals surface area contributed by atoms with Crippen LogP contribution in [-0.4, -0.2) is 73.9 Å². The van der Waals surface area contributed by atoms with Gasteiger partial charge in [0.15, 0.2) is 0 Å². The fourth-order valence-electron chi connectivity index (χ4n) is 8.49. The van der Waals surface area contributed by atoms with E-state index in [0.717, 1.165) is 70.6 Å². The first kappa shape index (κ1) is 31.9. The number of alkyl halides is 6. The first-order chi connectivity index (χ1) is 19.0. The van der Waals surface area contributed by atoms with Crippen molar-refractivity contribution in [3.05, 3.63) is 0 Å². The van der Waals surface area contributed by atoms with E-state index in [1.165, 1.54) is 19.3 Å². The average molecular weight is 582 g/mol. The predicted molar refractivity (Wildman–Crippen MR) is 144 cm³/mol. The highest BCUT2D eigenvalue weighted by Crippen LogP contribution is 2.52. The van der Waals surface area contributed by atoms with Crippen LogP contribution in [0.2, 0.25) is 0 Å². The molecule has 0 bridgehead atoms. The van der Waals surface area contributed by atoms with E-state index >= 15 is 0 Å². The molecule has 4 atom stereocenters. The van der Waals surface area contributed by atoms with E-state index in [1.807, 2.05) is 0 Å². The molecule has 40 heavy (non-hydrogen) atoms. The summed E-state index contributed by atoms with van der Waals surface area (Å²) in [4.78, 5) is 17.9. The number of nitrogens with zero attached hydrogens (tertiary/aromatic N) is 2. The minimum atomic E-state index is -4.88. The lowest BCUT2D eigenvalue weighted by Crippen LogP contribution is -2.54. The number of hydrogen-bond acceptors (Lipinski definition) is 3. The number of halogens is 6. The molecule has 4 aliphatic rings. The lowest BCUT2D eigenvalue weighted by atomic mass is 9.69. The Hall–Kier alpha value is -1.03. The number of piperidine rings is 2. The molecular weight excluding hydrogens is 532 g/mol. The van der Waals surface area contributed by atoms with Crippen molar-refractivity contribution in [3.8, 4) is 0 Å². The Balaban J connectivity index is 1.35. The van der Waals surface area contributed by atoms with Gasteiger partial charge < -0.3 is 10.2 Å². The van der Waals surface area contributed by atoms with Gasteiger partial charge >= 0.3 is 12.4 Å². The fraction of sp³-hybridized carbons (Fsp3) is 0.967. The molecule has 1 N–H and O–H groups in total. The van der Waals surface area contributed by atoms with E-state index in [4.69, 9.17) is 0 Å². The Morgan fingerprint density at radius 3 is 2.05 bits per heavy atom. The standard InChI is InChI=1S/C30H49F6N3O/c1-38(18-6-10-23-9-5-11-25(29(31,32)33)26(23)30(34,35)36)28(40)27(24-7-3-2-4-8-24)39-19-14-22(15-20-39)21-12-16-37-17-13-21/h21-27,37H,2-20H2,1H3. The monoisotopic (exact) mass is 581 g/mol. The SMILES string of the molecule is CN(CCCC1CCCC(C(F)(F)F)C1C(F)(F)F)C(=O)C(C1CCCCC1)N1CCC(C2CCNCC2)CC1. The van der Waals surface area contributed by atoms with Crippen molar-refractivity contribution in [1.29, 1.82) is 0 Å². The van der Waals surface area contributed by atoms with E-state index in [0.29, 0.717) is 18.3 Å². The second-order valence-corrected chi connectivity index (χ2v) is 13.1. The molecule has 2 aliphatic heterocycles. The second kappa shape index (κ2) is 14.0. The van der Waals surface area contributed by atoms with Gasteiger partial charge in [-0.25, -0.2) is 0 Å². The molecule has 0 aromatic rings. The average Bonchev–Trinajstić information content (AvgIpc) is 2.93. The van der Waals surface area contributed by atoms with Crippen LogP contribution >= 0.6 is 0 Å². The largest absolute Gasteiger partial charge is 0.392 e. The van der Waals surface area contributed by atoms with E-state index in [1.54, 1.807) is 11.9 Å². The highest BCUT2D eigenvalue weighted by atomic mass is 19.4. The number of carbonyl (C=O) groups excluding carboxylic acids is 1. The van der Waals surface area contributed by atoms with Gasteiger partial charge in [0.25, 0.3) is 0 Å². The lowest BCUT2D eigenvalue weighted by Gasteiger charge is -2.44. The zero-order valence-corrected chi connectivity index (χ0v) is 24.0. The molecular formula is C30H49F6N3O. The summed E-state index contributed by atoms with van der Waals surface area (Å²) in [6.45, 7) is 4.26. The van der Waals surface area contributed by atoms with Crippen LogP contribution in [0.1, 0.15) is 89.9 Å². The number of rotatable bonds is 8. The molecule has 2 saturated carbocycles. The van der Waals surface area contributed by atoms with Gasteiger partial charge in [-0.2, -0.15) is 26.3 Å². The smallest absolute Gasteiger partial charge is 0.344 e. The molecule has 10 heteroatoms. The molecule has 4 unspecified atom stereocenters. The molecule has 0 radical (unpaired) electrons. The van der Waals surface area contributed by atoms with Gasteiger partial charge in [-0.15, -0.1) is 0 Å². The lowest BCUT2D eigenvalue weighted by molar-refractivity contribution is -0.275. The maximum atomic E-state index is 13.9. The fourth-order valence-corrected chi connectivity index (χ4v) is 8.49. The minimum Gasteiger partial charge on any atom is -0.344 e. The van der Waals surface area contributed by atoms with Crippen LogP contribution in [0.15, 0.2) is 0 Å². The topological polar surface area (TPSA) is 35.6 Å². The molecule has 0 aromatic heterocycles. The highest BCUT2D eigenvalue weighted by Gasteiger charge is 2.58. The zero-order valence-electron chi connectivity index (χ0n) is 24.0. The predicted octanol–water partition coefficient (Wildman–Crippen LogP) is 7.04. The van der Waals surface area contributed by atoms with Crippen LogP contribution in [0.5, 0.6) is 0 Å². The van der Waals surface area contributed by atoms with Crippen molar-refractivity contribution in [2.45, 2.75) is 108 Å². The molecule has 0 spiro atoms. The summed E-state index contributed by atoms with van der Waals surface area (Å²) in [6.07, 6.45) is 0.593. The third-order valence-corrected chi connectivity index (χ3v) is 10.6. The highest BCUT2D eigenvalue weighted by molar-refractivity contribution is 5.82. The van der Waals surface area contributed by atoms with Crippen LogP contribution in [0, 0.1) is 35.5 Å². The maximum Gasteiger partial charge on any atom is 0.392 e. The third kappa shape index (κ3) is 8.07. The van der Waals surface area contributed by atoms with Gasteiger partial charge in [-0.1, -0.05) is 25.7 Å². The number of amides is 1. The Morgan fingerprint density at radius 1 is 0.825 bits per heavy atom. The number of carbonyl (C=O) groups is 1. The summed E-state index contributed by atoms with van der Waals surface area (Å²) in [5.41, 5.74) is 0. The summed E-state index contributed by atoms with van der Waals surface area (Å²) in [5.74, 6) is -3.93. The number of likely N-dealkylation sites (tertiary alicyclic amines) is 1. The van der Waals surface area contributed by atoms with Gasteiger partial charge in [-0.3, -0.25) is 9.69 Å². The van der Waals surface area contributed by atoms with Crippen LogP contribution < -0.4 is 5.32 Å². The summed E-state index contributed by atoms with van der Waals surface area (Å²) >= 11 is 0. The Labute approximate surface area is 236 Å². The van der Waals surface area contributed by atoms with Crippen LogP contribution in [0.3, 0.4) is 0 Å². The van der Waals surface area contributed by atoms with Gasteiger partial charge in [0.1, 0.15) is 0 Å². The Morgan fingerprint density at radius 2 is 1.45 bits per heavy atom. The van der Waals surface area contributed by atoms with Gasteiger partial charge in [0.05, 0.1) is 17.9 Å². The molecule has 2 saturated heterocycles. The van der Waals surface area contributed by atoms with Crippen molar-refractivity contribution >= 4 is 5.91 Å². The molecule has 232 valence electrons. The molecule has 4 fully saturated rings. The van der Waals surface area contributed by atoms with Crippen molar-refractivity contribution < 1.29 is 31.1 Å². The third-order valence-electron chi connectivity index (χ3n) is 10.6. The summed E-state index contributed by atoms with van der Waals surface area (Å²) < 4.78 is 81.7. The molecule has 1 amide bonds. The van der Waals surface area contributed by atoms with Crippen molar-refractivity contribution in [3.63, 3.8) is 0 Å². The molecule has 4 rings (SSSR count). The van der Waals surface area contributed by atoms with Crippen LogP contribution in [-0.2, 0) is 4.79 Å². The summed E-state index contributed by atoms with van der Waals surface area (Å²) in [5, 5.41) is 3.44. The summed E-state index contributed by atoms with van der Waals surface area (Å²) in [7, 11) is 1.72. The molecule has 2 aliphatic carbocycles. The molecule has 0 aromatic carbocycles. The maximum absolute atomic E-state index is 13.9.